The molecule has 0 atom stereocenters. The second kappa shape index (κ2) is 8.41. The normalized spacial score (nSPS) is 15.2. The van der Waals surface area contributed by atoms with Gasteiger partial charge in [-0.05, 0) is 49.2 Å². The van der Waals surface area contributed by atoms with Crippen LogP contribution in [0.4, 0.5) is 19.0 Å². The smallest absolute Gasteiger partial charge is 0.433 e. The number of carbonyl (C=O) groups excluding carboxylic acids is 1. The second-order valence-electron chi connectivity index (χ2n) is 7.36. The van der Waals surface area contributed by atoms with E-state index in [0.717, 1.165) is 6.07 Å². The third kappa shape index (κ3) is 4.55. The van der Waals surface area contributed by atoms with Gasteiger partial charge in [0.05, 0.1) is 12.6 Å². The molecule has 3 aromatic rings. The van der Waals surface area contributed by atoms with Gasteiger partial charge in [-0.2, -0.15) is 13.2 Å². The molecule has 1 aromatic carbocycles. The van der Waals surface area contributed by atoms with Crippen molar-refractivity contribution in [2.24, 2.45) is 0 Å². The molecule has 2 aromatic heterocycles. The van der Waals surface area contributed by atoms with Gasteiger partial charge in [-0.15, -0.1) is 0 Å². The molecule has 0 radical (unpaired) electrons. The number of aromatic nitrogens is 2. The maximum absolute atomic E-state index is 12.9. The number of likely N-dealkylation sites (tertiary alicyclic amines) is 1. The number of rotatable bonds is 4. The molecule has 1 saturated heterocycles. The zero-order valence-corrected chi connectivity index (χ0v) is 16.8. The van der Waals surface area contributed by atoms with Gasteiger partial charge in [-0.1, -0.05) is 6.07 Å². The van der Waals surface area contributed by atoms with Crippen LogP contribution >= 0.6 is 0 Å². The second-order valence-corrected chi connectivity index (χ2v) is 7.36. The Morgan fingerprint density at radius 2 is 1.94 bits per heavy atom. The SMILES string of the molecule is COc1cccc(C(=O)N2CCC(Nc3nccc4nc(C(F)(F)F)ccc34)CC2)c1. The number of ether oxygens (including phenoxy) is 1. The van der Waals surface area contributed by atoms with Gasteiger partial charge in [0.15, 0.2) is 0 Å². The van der Waals surface area contributed by atoms with Gasteiger partial charge >= 0.3 is 6.18 Å². The molecule has 0 unspecified atom stereocenters. The van der Waals surface area contributed by atoms with Crippen molar-refractivity contribution in [1.82, 2.24) is 14.9 Å². The van der Waals surface area contributed by atoms with Crippen LogP contribution < -0.4 is 10.1 Å². The molecule has 1 aliphatic heterocycles. The van der Waals surface area contributed by atoms with E-state index in [1.807, 2.05) is 0 Å². The average Bonchev–Trinajstić information content (AvgIpc) is 2.78. The van der Waals surface area contributed by atoms with Crippen molar-refractivity contribution >= 4 is 22.6 Å². The number of benzene rings is 1. The molecular formula is C22H21F3N4O2. The van der Waals surface area contributed by atoms with E-state index in [-0.39, 0.29) is 17.5 Å². The minimum atomic E-state index is -4.49. The molecular weight excluding hydrogens is 409 g/mol. The molecule has 1 aliphatic rings. The highest BCUT2D eigenvalue weighted by Crippen LogP contribution is 2.31. The summed E-state index contributed by atoms with van der Waals surface area (Å²) in [6.45, 7) is 1.13. The van der Waals surface area contributed by atoms with Crippen molar-refractivity contribution in [2.45, 2.75) is 25.1 Å². The molecule has 162 valence electrons. The van der Waals surface area contributed by atoms with E-state index >= 15 is 0 Å². The number of methoxy groups -OCH3 is 1. The summed E-state index contributed by atoms with van der Waals surface area (Å²) in [7, 11) is 1.56. The van der Waals surface area contributed by atoms with Crippen molar-refractivity contribution in [3.05, 3.63) is 59.9 Å². The summed E-state index contributed by atoms with van der Waals surface area (Å²) in [6, 6.07) is 10.9. The van der Waals surface area contributed by atoms with Gasteiger partial charge < -0.3 is 15.0 Å². The molecule has 0 saturated carbocycles. The molecule has 1 amide bonds. The van der Waals surface area contributed by atoms with Crippen LogP contribution in [0.2, 0.25) is 0 Å². The number of nitrogens with one attached hydrogen (secondary N) is 1. The lowest BCUT2D eigenvalue weighted by Crippen LogP contribution is -2.42. The largest absolute Gasteiger partial charge is 0.497 e. The number of amides is 1. The number of halogens is 3. The number of pyridine rings is 2. The van der Waals surface area contributed by atoms with Crippen LogP contribution in [0.5, 0.6) is 5.75 Å². The quantitative estimate of drug-likeness (QED) is 0.666. The first kappa shape index (κ1) is 20.9. The zero-order chi connectivity index (χ0) is 22.0. The molecule has 1 fully saturated rings. The summed E-state index contributed by atoms with van der Waals surface area (Å²) in [5.74, 6) is 1.08. The van der Waals surface area contributed by atoms with Gasteiger partial charge in [0.2, 0.25) is 0 Å². The predicted molar refractivity (Wildman–Crippen MR) is 110 cm³/mol. The monoisotopic (exact) mass is 430 g/mol. The summed E-state index contributed by atoms with van der Waals surface area (Å²) >= 11 is 0. The summed E-state index contributed by atoms with van der Waals surface area (Å²) in [6.07, 6.45) is -1.66. The van der Waals surface area contributed by atoms with E-state index in [0.29, 0.717) is 48.4 Å². The van der Waals surface area contributed by atoms with Crippen molar-refractivity contribution in [3.8, 4) is 5.75 Å². The lowest BCUT2D eigenvalue weighted by Gasteiger charge is -2.33. The van der Waals surface area contributed by atoms with Crippen molar-refractivity contribution in [3.63, 3.8) is 0 Å². The first-order chi connectivity index (χ1) is 14.8. The molecule has 4 rings (SSSR count). The Morgan fingerprint density at radius 3 is 2.65 bits per heavy atom. The molecule has 3 heterocycles. The number of fused-ring (bicyclic) bond motifs is 1. The highest BCUT2D eigenvalue weighted by molar-refractivity contribution is 5.94. The number of hydrogen-bond acceptors (Lipinski definition) is 5. The van der Waals surface area contributed by atoms with E-state index in [1.54, 1.807) is 36.3 Å². The fourth-order valence-electron chi connectivity index (χ4n) is 3.69. The van der Waals surface area contributed by atoms with E-state index in [9.17, 15) is 18.0 Å². The fraction of sp³-hybridized carbons (Fsp3) is 0.318. The van der Waals surface area contributed by atoms with Crippen molar-refractivity contribution < 1.29 is 22.7 Å². The average molecular weight is 430 g/mol. The molecule has 0 bridgehead atoms. The van der Waals surface area contributed by atoms with E-state index < -0.39 is 11.9 Å². The highest BCUT2D eigenvalue weighted by Gasteiger charge is 2.32. The van der Waals surface area contributed by atoms with Crippen LogP contribution in [0.15, 0.2) is 48.7 Å². The van der Waals surface area contributed by atoms with E-state index in [1.165, 1.54) is 18.3 Å². The first-order valence-electron chi connectivity index (χ1n) is 9.88. The van der Waals surface area contributed by atoms with E-state index in [4.69, 9.17) is 4.74 Å². The van der Waals surface area contributed by atoms with Crippen LogP contribution in [-0.2, 0) is 6.18 Å². The molecule has 0 spiro atoms. The molecule has 6 nitrogen and oxygen atoms in total. The summed E-state index contributed by atoms with van der Waals surface area (Å²) < 4.78 is 44.0. The molecule has 31 heavy (non-hydrogen) atoms. The zero-order valence-electron chi connectivity index (χ0n) is 16.8. The minimum Gasteiger partial charge on any atom is -0.497 e. The lowest BCUT2D eigenvalue weighted by atomic mass is 10.0. The van der Waals surface area contributed by atoms with Gasteiger partial charge in [-0.3, -0.25) is 4.79 Å². The molecule has 9 heteroatoms. The Labute approximate surface area is 177 Å². The third-order valence-electron chi connectivity index (χ3n) is 5.35. The number of piperidine rings is 1. The predicted octanol–water partition coefficient (Wildman–Crippen LogP) is 4.37. The van der Waals surface area contributed by atoms with Gasteiger partial charge in [0.1, 0.15) is 17.3 Å². The Morgan fingerprint density at radius 1 is 1.16 bits per heavy atom. The standard InChI is InChI=1S/C22H21F3N4O2/c1-31-16-4-2-3-14(13-16)21(30)29-11-8-15(9-12-29)27-20-17-5-6-19(22(23,24)25)28-18(17)7-10-26-20/h2-7,10,13,15H,8-9,11-12H2,1H3,(H,26,27). The summed E-state index contributed by atoms with van der Waals surface area (Å²) in [5, 5.41) is 3.84. The van der Waals surface area contributed by atoms with Gasteiger partial charge in [0, 0.05) is 36.3 Å². The van der Waals surface area contributed by atoms with Crippen molar-refractivity contribution in [1.29, 1.82) is 0 Å². The number of hydrogen-bond donors (Lipinski definition) is 1. The minimum absolute atomic E-state index is 0.0507. The van der Waals surface area contributed by atoms with Crippen LogP contribution in [-0.4, -0.2) is 47.0 Å². The van der Waals surface area contributed by atoms with Crippen LogP contribution in [0.25, 0.3) is 10.9 Å². The van der Waals surface area contributed by atoms with Gasteiger partial charge in [0.25, 0.3) is 5.91 Å². The molecule has 1 N–H and O–H groups in total. The molecule has 0 aliphatic carbocycles. The lowest BCUT2D eigenvalue weighted by molar-refractivity contribution is -0.140. The Balaban J connectivity index is 1.43. The number of alkyl halides is 3. The Kier molecular flexibility index (Phi) is 5.67. The maximum Gasteiger partial charge on any atom is 0.433 e. The summed E-state index contributed by atoms with van der Waals surface area (Å²) in [4.78, 5) is 22.6. The highest BCUT2D eigenvalue weighted by atomic mass is 19.4. The Bertz CT molecular complexity index is 1100. The van der Waals surface area contributed by atoms with Gasteiger partial charge in [-0.25, -0.2) is 9.97 Å². The van der Waals surface area contributed by atoms with Crippen molar-refractivity contribution in [2.75, 3.05) is 25.5 Å². The first-order valence-corrected chi connectivity index (χ1v) is 9.88. The topological polar surface area (TPSA) is 67.3 Å². The number of anilines is 1. The Hall–Kier alpha value is -3.36. The number of nitrogens with zero attached hydrogens (tertiary/aromatic N) is 3. The van der Waals surface area contributed by atoms with Crippen LogP contribution in [0.1, 0.15) is 28.9 Å². The van der Waals surface area contributed by atoms with Crippen LogP contribution in [0, 0.1) is 0 Å². The van der Waals surface area contributed by atoms with Crippen LogP contribution in [0.3, 0.4) is 0 Å². The summed E-state index contributed by atoms with van der Waals surface area (Å²) in [5.41, 5.74) is -0.118. The fourth-order valence-corrected chi connectivity index (χ4v) is 3.69. The third-order valence-corrected chi connectivity index (χ3v) is 5.35. The maximum atomic E-state index is 12.9. The van der Waals surface area contributed by atoms with E-state index in [2.05, 4.69) is 15.3 Å². The number of carbonyl (C=O) groups is 1.